The van der Waals surface area contributed by atoms with E-state index in [1.807, 2.05) is 4.90 Å². The highest BCUT2D eigenvalue weighted by Crippen LogP contribution is 2.25. The van der Waals surface area contributed by atoms with Crippen LogP contribution in [0.5, 0.6) is 0 Å². The first-order valence-electron chi connectivity index (χ1n) is 7.97. The van der Waals surface area contributed by atoms with Gasteiger partial charge in [-0.1, -0.05) is 11.6 Å². The van der Waals surface area contributed by atoms with Gasteiger partial charge in [0.2, 0.25) is 5.91 Å². The van der Waals surface area contributed by atoms with Crippen LogP contribution in [0.25, 0.3) is 0 Å². The average Bonchev–Trinajstić information content (AvgIpc) is 2.84. The third-order valence-corrected chi connectivity index (χ3v) is 4.63. The van der Waals surface area contributed by atoms with Gasteiger partial charge in [-0.2, -0.15) is 5.10 Å². The van der Waals surface area contributed by atoms with Crippen molar-refractivity contribution in [2.24, 2.45) is 0 Å². The second-order valence-corrected chi connectivity index (χ2v) is 6.60. The summed E-state index contributed by atoms with van der Waals surface area (Å²) in [6, 6.07) is 1.53. The Balaban J connectivity index is 1.70. The largest absolute Gasteiger partial charge is 0.340 e. The van der Waals surface area contributed by atoms with Crippen LogP contribution in [0.4, 0.5) is 0 Å². The summed E-state index contributed by atoms with van der Waals surface area (Å²) < 4.78 is 1.57. The second kappa shape index (κ2) is 6.76. The summed E-state index contributed by atoms with van der Waals surface area (Å²) in [6.07, 6.45) is 3.48. The first-order valence-corrected chi connectivity index (χ1v) is 8.35. The fourth-order valence-electron chi connectivity index (χ4n) is 3.07. The molecule has 0 aliphatic carbocycles. The molecule has 0 radical (unpaired) electrons. The van der Waals surface area contributed by atoms with Gasteiger partial charge in [-0.05, 0) is 26.7 Å². The minimum absolute atomic E-state index is 0.000397. The molecule has 24 heavy (non-hydrogen) atoms. The van der Waals surface area contributed by atoms with E-state index in [1.165, 1.54) is 6.07 Å². The Bertz CT molecular complexity index is 794. The lowest BCUT2D eigenvalue weighted by Crippen LogP contribution is -2.41. The molecule has 2 aromatic rings. The Morgan fingerprint density at radius 2 is 2.25 bits per heavy atom. The summed E-state index contributed by atoms with van der Waals surface area (Å²) in [7, 11) is 0. The molecule has 8 heteroatoms. The number of aromatic amines is 1. The van der Waals surface area contributed by atoms with E-state index in [0.717, 1.165) is 18.5 Å². The van der Waals surface area contributed by atoms with E-state index in [-0.39, 0.29) is 23.9 Å². The number of halogens is 1. The summed E-state index contributed by atoms with van der Waals surface area (Å²) in [5.41, 5.74) is 1.32. The lowest BCUT2D eigenvalue weighted by molar-refractivity contribution is -0.133. The monoisotopic (exact) mass is 349 g/mol. The highest BCUT2D eigenvalue weighted by atomic mass is 35.5. The summed E-state index contributed by atoms with van der Waals surface area (Å²) in [5, 5.41) is 4.78. The van der Waals surface area contributed by atoms with Gasteiger partial charge in [0.1, 0.15) is 12.4 Å². The fraction of sp³-hybridized carbons (Fsp3) is 0.500. The number of carbonyl (C=O) groups is 1. The Kier molecular flexibility index (Phi) is 4.71. The van der Waals surface area contributed by atoms with E-state index >= 15 is 0 Å². The molecule has 1 amide bonds. The van der Waals surface area contributed by atoms with E-state index in [9.17, 15) is 9.59 Å². The molecule has 1 aliphatic rings. The zero-order valence-electron chi connectivity index (χ0n) is 13.8. The van der Waals surface area contributed by atoms with Crippen LogP contribution in [-0.4, -0.2) is 43.6 Å². The molecule has 3 heterocycles. The Hall–Kier alpha value is -2.15. The number of carbonyl (C=O) groups excluding carboxylic acids is 1. The number of aromatic nitrogens is 4. The second-order valence-electron chi connectivity index (χ2n) is 6.19. The molecule has 2 aromatic heterocycles. The third kappa shape index (κ3) is 3.67. The zero-order valence-corrected chi connectivity index (χ0v) is 14.5. The molecular weight excluding hydrogens is 330 g/mol. The third-order valence-electron chi connectivity index (χ3n) is 4.26. The van der Waals surface area contributed by atoms with Gasteiger partial charge in [0.15, 0.2) is 0 Å². The van der Waals surface area contributed by atoms with Gasteiger partial charge in [-0.15, -0.1) is 0 Å². The number of rotatable bonds is 3. The lowest BCUT2D eigenvalue weighted by atomic mass is 9.94. The summed E-state index contributed by atoms with van der Waals surface area (Å²) in [4.78, 5) is 33.1. The summed E-state index contributed by atoms with van der Waals surface area (Å²) >= 11 is 5.98. The van der Waals surface area contributed by atoms with Crippen LogP contribution in [-0.2, 0) is 11.3 Å². The number of likely N-dealkylation sites (tertiary alicyclic amines) is 1. The lowest BCUT2D eigenvalue weighted by Gasteiger charge is -2.32. The van der Waals surface area contributed by atoms with Crippen LogP contribution in [0.2, 0.25) is 5.02 Å². The van der Waals surface area contributed by atoms with Crippen LogP contribution in [0.15, 0.2) is 17.1 Å². The number of amides is 1. The minimum Gasteiger partial charge on any atom is -0.340 e. The first-order chi connectivity index (χ1) is 11.4. The quantitative estimate of drug-likeness (QED) is 0.913. The summed E-state index contributed by atoms with van der Waals surface area (Å²) in [5.74, 6) is 0.690. The van der Waals surface area contributed by atoms with Crippen molar-refractivity contribution in [2.75, 3.05) is 13.1 Å². The van der Waals surface area contributed by atoms with Gasteiger partial charge >= 0.3 is 0 Å². The molecular formula is C16H20ClN5O2. The molecule has 0 saturated carbocycles. The summed E-state index contributed by atoms with van der Waals surface area (Å²) in [6.45, 7) is 5.03. The topological polar surface area (TPSA) is 83.9 Å². The van der Waals surface area contributed by atoms with E-state index in [1.54, 1.807) is 24.7 Å². The van der Waals surface area contributed by atoms with Crippen LogP contribution in [0.3, 0.4) is 0 Å². The van der Waals surface area contributed by atoms with Crippen molar-refractivity contribution in [2.45, 2.75) is 39.2 Å². The highest BCUT2D eigenvalue weighted by molar-refractivity contribution is 6.31. The maximum absolute atomic E-state index is 12.5. The predicted octanol–water partition coefficient (Wildman–Crippen LogP) is 1.64. The van der Waals surface area contributed by atoms with Crippen molar-refractivity contribution in [3.8, 4) is 0 Å². The number of hydrogen-bond donors (Lipinski definition) is 1. The smallest absolute Gasteiger partial charge is 0.251 e. The predicted molar refractivity (Wildman–Crippen MR) is 90.1 cm³/mol. The van der Waals surface area contributed by atoms with Gasteiger partial charge in [0.25, 0.3) is 5.56 Å². The molecule has 0 bridgehead atoms. The van der Waals surface area contributed by atoms with Crippen LogP contribution < -0.4 is 5.56 Å². The molecule has 0 aromatic carbocycles. The zero-order chi connectivity index (χ0) is 17.3. The van der Waals surface area contributed by atoms with Gasteiger partial charge in [0.05, 0.1) is 16.4 Å². The van der Waals surface area contributed by atoms with Crippen molar-refractivity contribution in [3.05, 3.63) is 44.9 Å². The van der Waals surface area contributed by atoms with Crippen LogP contribution >= 0.6 is 11.6 Å². The normalized spacial score (nSPS) is 18.0. The molecule has 3 rings (SSSR count). The molecule has 1 fully saturated rings. The van der Waals surface area contributed by atoms with Crippen molar-refractivity contribution >= 4 is 17.5 Å². The fourth-order valence-corrected chi connectivity index (χ4v) is 3.22. The van der Waals surface area contributed by atoms with Crippen molar-refractivity contribution in [1.82, 2.24) is 24.6 Å². The maximum atomic E-state index is 12.5. The van der Waals surface area contributed by atoms with Crippen molar-refractivity contribution in [3.63, 3.8) is 0 Å². The average molecular weight is 350 g/mol. The molecule has 7 nitrogen and oxygen atoms in total. The van der Waals surface area contributed by atoms with Crippen molar-refractivity contribution < 1.29 is 4.79 Å². The molecule has 1 aliphatic heterocycles. The van der Waals surface area contributed by atoms with E-state index < -0.39 is 0 Å². The maximum Gasteiger partial charge on any atom is 0.251 e. The van der Waals surface area contributed by atoms with E-state index in [2.05, 4.69) is 15.1 Å². The van der Waals surface area contributed by atoms with E-state index in [0.29, 0.717) is 29.6 Å². The number of aryl methyl sites for hydroxylation is 2. The van der Waals surface area contributed by atoms with Crippen molar-refractivity contribution in [1.29, 1.82) is 0 Å². The Morgan fingerprint density at radius 1 is 1.46 bits per heavy atom. The number of H-pyrrole nitrogens is 1. The molecule has 1 unspecified atom stereocenters. The number of nitrogens with zero attached hydrogens (tertiary/aromatic N) is 4. The standard InChI is InChI=1S/C16H20ClN5O2/c1-10-13(17)8-22(20-10)9-16(24)21-5-3-4-12(7-21)14-6-15(23)19-11(2)18-14/h6,8,12H,3-5,7,9H2,1-2H3,(H,18,19,23). The van der Waals surface area contributed by atoms with Crippen LogP contribution in [0, 0.1) is 13.8 Å². The molecule has 1 saturated heterocycles. The van der Waals surface area contributed by atoms with Gasteiger partial charge in [0, 0.05) is 31.3 Å². The highest BCUT2D eigenvalue weighted by Gasteiger charge is 2.26. The minimum atomic E-state index is -0.150. The number of nitrogens with one attached hydrogen (secondary N) is 1. The van der Waals surface area contributed by atoms with Gasteiger partial charge in [-0.3, -0.25) is 14.3 Å². The van der Waals surface area contributed by atoms with E-state index in [4.69, 9.17) is 11.6 Å². The SMILES string of the molecule is Cc1nc(C2CCCN(C(=O)Cn3cc(Cl)c(C)n3)C2)cc(=O)[nH]1. The number of hydrogen-bond acceptors (Lipinski definition) is 4. The molecule has 1 atom stereocenters. The molecule has 0 spiro atoms. The number of piperidine rings is 1. The first kappa shape index (κ1) is 16.7. The van der Waals surface area contributed by atoms with Gasteiger partial charge in [-0.25, -0.2) is 4.98 Å². The molecule has 1 N–H and O–H groups in total. The molecule has 128 valence electrons. The van der Waals surface area contributed by atoms with Crippen LogP contribution in [0.1, 0.15) is 36.0 Å². The Labute approximate surface area is 144 Å². The Morgan fingerprint density at radius 3 is 2.92 bits per heavy atom. The van der Waals surface area contributed by atoms with Gasteiger partial charge < -0.3 is 9.88 Å².